The van der Waals surface area contributed by atoms with Crippen LogP contribution < -0.4 is 4.74 Å². The number of methoxy groups -OCH3 is 1. The monoisotopic (exact) mass is 206 g/mol. The zero-order valence-corrected chi connectivity index (χ0v) is 9.42. The molecule has 1 aromatic carbocycles. The van der Waals surface area contributed by atoms with E-state index in [9.17, 15) is 5.11 Å². The van der Waals surface area contributed by atoms with Gasteiger partial charge in [-0.25, -0.2) is 0 Å². The Balaban J connectivity index is 2.38. The maximum absolute atomic E-state index is 10.5. The molecule has 2 heteroatoms. The van der Waals surface area contributed by atoms with Gasteiger partial charge in [0.05, 0.1) is 12.7 Å². The molecule has 1 aromatic rings. The maximum Gasteiger partial charge on any atom is 0.119 e. The maximum atomic E-state index is 10.5. The normalized spacial score (nSPS) is 19.1. The van der Waals surface area contributed by atoms with Crippen LogP contribution in [-0.4, -0.2) is 12.2 Å². The van der Waals surface area contributed by atoms with Crippen LogP contribution in [0.3, 0.4) is 0 Å². The molecule has 1 saturated carbocycles. The molecular weight excluding hydrogens is 188 g/mol. The molecule has 0 radical (unpaired) electrons. The van der Waals surface area contributed by atoms with Gasteiger partial charge in [-0.3, -0.25) is 0 Å². The topological polar surface area (TPSA) is 29.5 Å². The summed E-state index contributed by atoms with van der Waals surface area (Å²) >= 11 is 0. The Morgan fingerprint density at radius 3 is 2.47 bits per heavy atom. The first-order valence-corrected chi connectivity index (χ1v) is 5.53. The standard InChI is InChI=1S/C13H18O2/c1-10-7-11(9-12(8-10)15-2)13(14)5-3-4-6-13/h7-9,14H,3-6H2,1-2H3. The predicted octanol–water partition coefficient (Wildman–Crippen LogP) is 2.77. The average molecular weight is 206 g/mol. The van der Waals surface area contributed by atoms with Gasteiger partial charge in [0.2, 0.25) is 0 Å². The minimum Gasteiger partial charge on any atom is -0.497 e. The molecule has 1 fully saturated rings. The molecule has 0 atom stereocenters. The number of benzene rings is 1. The third-order valence-electron chi connectivity index (χ3n) is 3.25. The van der Waals surface area contributed by atoms with Crippen molar-refractivity contribution in [3.05, 3.63) is 29.3 Å². The van der Waals surface area contributed by atoms with Crippen molar-refractivity contribution in [3.63, 3.8) is 0 Å². The summed E-state index contributed by atoms with van der Waals surface area (Å²) in [7, 11) is 1.66. The number of rotatable bonds is 2. The third kappa shape index (κ3) is 2.00. The first kappa shape index (κ1) is 10.5. The van der Waals surface area contributed by atoms with Crippen molar-refractivity contribution in [1.82, 2.24) is 0 Å². The Kier molecular flexibility index (Phi) is 2.70. The van der Waals surface area contributed by atoms with E-state index in [1.54, 1.807) is 7.11 Å². The molecule has 0 bridgehead atoms. The molecule has 1 N–H and O–H groups in total. The lowest BCUT2D eigenvalue weighted by atomic mass is 9.91. The Hall–Kier alpha value is -1.02. The van der Waals surface area contributed by atoms with Crippen LogP contribution in [0.1, 0.15) is 36.8 Å². The minimum atomic E-state index is -0.612. The number of aliphatic hydroxyl groups is 1. The van der Waals surface area contributed by atoms with Gasteiger partial charge in [-0.2, -0.15) is 0 Å². The van der Waals surface area contributed by atoms with E-state index in [-0.39, 0.29) is 0 Å². The number of ether oxygens (including phenoxy) is 1. The highest BCUT2D eigenvalue weighted by atomic mass is 16.5. The second kappa shape index (κ2) is 3.86. The Morgan fingerprint density at radius 1 is 1.20 bits per heavy atom. The van der Waals surface area contributed by atoms with Crippen LogP contribution in [0.15, 0.2) is 18.2 Å². The molecule has 0 spiro atoms. The molecule has 2 rings (SSSR count). The summed E-state index contributed by atoms with van der Waals surface area (Å²) in [6.07, 6.45) is 3.98. The lowest BCUT2D eigenvalue weighted by molar-refractivity contribution is 0.0442. The fourth-order valence-corrected chi connectivity index (χ4v) is 2.38. The summed E-state index contributed by atoms with van der Waals surface area (Å²) < 4.78 is 5.23. The van der Waals surface area contributed by atoms with Crippen LogP contribution in [0.2, 0.25) is 0 Å². The molecule has 15 heavy (non-hydrogen) atoms. The average Bonchev–Trinajstić information content (AvgIpc) is 2.65. The van der Waals surface area contributed by atoms with E-state index in [4.69, 9.17) is 4.74 Å². The molecule has 0 aromatic heterocycles. The van der Waals surface area contributed by atoms with E-state index in [0.29, 0.717) is 0 Å². The summed E-state index contributed by atoms with van der Waals surface area (Å²) in [4.78, 5) is 0. The van der Waals surface area contributed by atoms with Crippen molar-refractivity contribution in [2.24, 2.45) is 0 Å². The van der Waals surface area contributed by atoms with E-state index in [1.807, 2.05) is 19.1 Å². The van der Waals surface area contributed by atoms with Crippen molar-refractivity contribution < 1.29 is 9.84 Å². The van der Waals surface area contributed by atoms with Crippen molar-refractivity contribution in [2.75, 3.05) is 7.11 Å². The summed E-state index contributed by atoms with van der Waals surface area (Å²) in [6, 6.07) is 6.01. The number of aryl methyl sites for hydroxylation is 1. The van der Waals surface area contributed by atoms with Crippen molar-refractivity contribution >= 4 is 0 Å². The van der Waals surface area contributed by atoms with E-state index in [0.717, 1.165) is 42.6 Å². The van der Waals surface area contributed by atoms with Crippen LogP contribution in [-0.2, 0) is 5.60 Å². The lowest BCUT2D eigenvalue weighted by Gasteiger charge is -2.23. The molecule has 0 saturated heterocycles. The minimum absolute atomic E-state index is 0.612. The molecule has 0 amide bonds. The highest BCUT2D eigenvalue weighted by molar-refractivity contribution is 5.37. The zero-order valence-electron chi connectivity index (χ0n) is 9.42. The fourth-order valence-electron chi connectivity index (χ4n) is 2.38. The molecule has 1 aliphatic carbocycles. The first-order valence-electron chi connectivity index (χ1n) is 5.53. The quantitative estimate of drug-likeness (QED) is 0.806. The molecule has 82 valence electrons. The fraction of sp³-hybridized carbons (Fsp3) is 0.538. The summed E-state index contributed by atoms with van der Waals surface area (Å²) in [5, 5.41) is 10.5. The third-order valence-corrected chi connectivity index (χ3v) is 3.25. The van der Waals surface area contributed by atoms with Gasteiger partial charge in [0.15, 0.2) is 0 Å². The second-order valence-corrected chi connectivity index (χ2v) is 4.48. The van der Waals surface area contributed by atoms with E-state index >= 15 is 0 Å². The largest absolute Gasteiger partial charge is 0.497 e. The van der Waals surface area contributed by atoms with Crippen LogP contribution in [0.4, 0.5) is 0 Å². The van der Waals surface area contributed by atoms with Gasteiger partial charge in [-0.05, 0) is 43.0 Å². The molecule has 1 aliphatic rings. The van der Waals surface area contributed by atoms with Gasteiger partial charge in [-0.1, -0.05) is 18.9 Å². The highest BCUT2D eigenvalue weighted by Gasteiger charge is 2.33. The van der Waals surface area contributed by atoms with Crippen LogP contribution in [0, 0.1) is 6.92 Å². The van der Waals surface area contributed by atoms with Crippen LogP contribution in [0.5, 0.6) is 5.75 Å². The van der Waals surface area contributed by atoms with Crippen molar-refractivity contribution in [1.29, 1.82) is 0 Å². The number of hydrogen-bond acceptors (Lipinski definition) is 2. The molecule has 0 aliphatic heterocycles. The summed E-state index contributed by atoms with van der Waals surface area (Å²) in [6.45, 7) is 2.03. The Labute approximate surface area is 90.9 Å². The first-order chi connectivity index (χ1) is 7.14. The van der Waals surface area contributed by atoms with Crippen molar-refractivity contribution in [2.45, 2.75) is 38.2 Å². The molecule has 0 heterocycles. The summed E-state index contributed by atoms with van der Waals surface area (Å²) in [5.41, 5.74) is 1.54. The van der Waals surface area contributed by atoms with Crippen LogP contribution in [0.25, 0.3) is 0 Å². The van der Waals surface area contributed by atoms with Gasteiger partial charge in [0.25, 0.3) is 0 Å². The van der Waals surface area contributed by atoms with Crippen molar-refractivity contribution in [3.8, 4) is 5.75 Å². The second-order valence-electron chi connectivity index (χ2n) is 4.48. The van der Waals surface area contributed by atoms with Gasteiger partial charge in [0, 0.05) is 0 Å². The van der Waals surface area contributed by atoms with E-state index in [2.05, 4.69) is 6.07 Å². The van der Waals surface area contributed by atoms with Gasteiger partial charge < -0.3 is 9.84 Å². The molecular formula is C13H18O2. The van der Waals surface area contributed by atoms with E-state index < -0.39 is 5.60 Å². The van der Waals surface area contributed by atoms with Crippen LogP contribution >= 0.6 is 0 Å². The SMILES string of the molecule is COc1cc(C)cc(C2(O)CCCC2)c1. The lowest BCUT2D eigenvalue weighted by Crippen LogP contribution is -2.20. The van der Waals surface area contributed by atoms with E-state index in [1.165, 1.54) is 0 Å². The zero-order chi connectivity index (χ0) is 10.9. The van der Waals surface area contributed by atoms with Gasteiger partial charge in [-0.15, -0.1) is 0 Å². The van der Waals surface area contributed by atoms with Gasteiger partial charge >= 0.3 is 0 Å². The highest BCUT2D eigenvalue weighted by Crippen LogP contribution is 2.39. The predicted molar refractivity (Wildman–Crippen MR) is 60.1 cm³/mol. The smallest absolute Gasteiger partial charge is 0.119 e. The van der Waals surface area contributed by atoms with Gasteiger partial charge in [0.1, 0.15) is 5.75 Å². The molecule has 0 unspecified atom stereocenters. The number of hydrogen-bond donors (Lipinski definition) is 1. The Bertz CT molecular complexity index is 352. The summed E-state index contributed by atoms with van der Waals surface area (Å²) in [5.74, 6) is 0.838. The Morgan fingerprint density at radius 2 is 1.87 bits per heavy atom. The molecule has 2 nitrogen and oxygen atoms in total.